The van der Waals surface area contributed by atoms with Crippen LogP contribution < -0.4 is 5.32 Å². The lowest BCUT2D eigenvalue weighted by atomic mass is 9.95. The van der Waals surface area contributed by atoms with Crippen molar-refractivity contribution in [1.29, 1.82) is 0 Å². The predicted molar refractivity (Wildman–Crippen MR) is 121 cm³/mol. The lowest BCUT2D eigenvalue weighted by Gasteiger charge is -2.24. The molecule has 0 bridgehead atoms. The number of aromatic nitrogens is 3. The Bertz CT molecular complexity index is 1160. The van der Waals surface area contributed by atoms with Crippen LogP contribution in [0, 0.1) is 20.8 Å². The molecule has 0 radical (unpaired) electrons. The number of fused-ring (bicyclic) bond motifs is 3. The fourth-order valence-corrected chi connectivity index (χ4v) is 5.19. The summed E-state index contributed by atoms with van der Waals surface area (Å²) in [6, 6.07) is 7.68. The van der Waals surface area contributed by atoms with Crippen LogP contribution in [0.3, 0.4) is 0 Å². The number of nitrogens with zero attached hydrogens (tertiary/aromatic N) is 4. The summed E-state index contributed by atoms with van der Waals surface area (Å²) in [5, 5.41) is 13.4. The van der Waals surface area contributed by atoms with Crippen LogP contribution in [0.5, 0.6) is 0 Å². The Kier molecular flexibility index (Phi) is 5.28. The molecule has 0 spiro atoms. The van der Waals surface area contributed by atoms with Crippen molar-refractivity contribution in [1.82, 2.24) is 20.1 Å². The molecule has 3 aromatic rings. The maximum Gasteiger partial charge on any atom is 0.222 e. The van der Waals surface area contributed by atoms with Crippen molar-refractivity contribution in [3.8, 4) is 5.00 Å². The van der Waals surface area contributed by atoms with E-state index in [-0.39, 0.29) is 12.3 Å². The molecule has 156 valence electrons. The van der Waals surface area contributed by atoms with E-state index in [0.29, 0.717) is 17.4 Å². The van der Waals surface area contributed by atoms with E-state index in [0.717, 1.165) is 27.7 Å². The zero-order chi connectivity index (χ0) is 21.6. The van der Waals surface area contributed by atoms with E-state index >= 15 is 0 Å². The molecule has 1 aliphatic rings. The van der Waals surface area contributed by atoms with Crippen molar-refractivity contribution >= 4 is 34.6 Å². The summed E-state index contributed by atoms with van der Waals surface area (Å²) in [4.78, 5) is 19.0. The summed E-state index contributed by atoms with van der Waals surface area (Å²) in [5.41, 5.74) is 3.17. The molecule has 4 rings (SSSR count). The smallest absolute Gasteiger partial charge is 0.222 e. The molecule has 1 amide bonds. The quantitative estimate of drug-likeness (QED) is 0.647. The predicted octanol–water partition coefficient (Wildman–Crippen LogP) is 4.50. The molecule has 3 heterocycles. The van der Waals surface area contributed by atoms with E-state index in [1.165, 1.54) is 10.4 Å². The average molecular weight is 442 g/mol. The monoisotopic (exact) mass is 441 g/mol. The Morgan fingerprint density at radius 3 is 2.57 bits per heavy atom. The van der Waals surface area contributed by atoms with Gasteiger partial charge in [-0.3, -0.25) is 14.4 Å². The maximum absolute atomic E-state index is 12.6. The SMILES string of the molecule is CCNC(=O)CC1(C)N=C(c2ccc(Cl)cc2)c2c(sc(C)c2C)-n2c(C)nnc21. The Morgan fingerprint density at radius 1 is 1.20 bits per heavy atom. The first kappa shape index (κ1) is 20.8. The summed E-state index contributed by atoms with van der Waals surface area (Å²) in [6.45, 7) is 10.6. The van der Waals surface area contributed by atoms with Gasteiger partial charge in [-0.05, 0) is 52.3 Å². The van der Waals surface area contributed by atoms with Gasteiger partial charge in [0.05, 0.1) is 12.1 Å². The summed E-state index contributed by atoms with van der Waals surface area (Å²) >= 11 is 7.84. The maximum atomic E-state index is 12.6. The van der Waals surface area contributed by atoms with Gasteiger partial charge in [0.1, 0.15) is 16.4 Å². The molecule has 30 heavy (non-hydrogen) atoms. The molecule has 0 saturated carbocycles. The van der Waals surface area contributed by atoms with E-state index in [4.69, 9.17) is 16.6 Å². The average Bonchev–Trinajstić information content (AvgIpc) is 3.18. The highest BCUT2D eigenvalue weighted by molar-refractivity contribution is 7.15. The highest BCUT2D eigenvalue weighted by Crippen LogP contribution is 2.41. The first-order chi connectivity index (χ1) is 14.2. The van der Waals surface area contributed by atoms with Crippen molar-refractivity contribution in [2.24, 2.45) is 4.99 Å². The highest BCUT2D eigenvalue weighted by atomic mass is 35.5. The molecule has 1 atom stereocenters. The number of amides is 1. The van der Waals surface area contributed by atoms with Gasteiger partial charge in [-0.1, -0.05) is 23.7 Å². The number of carbonyl (C=O) groups excluding carboxylic acids is 1. The number of nitrogens with one attached hydrogen (secondary N) is 1. The zero-order valence-electron chi connectivity index (χ0n) is 17.7. The number of benzene rings is 1. The van der Waals surface area contributed by atoms with E-state index in [9.17, 15) is 4.79 Å². The van der Waals surface area contributed by atoms with Crippen molar-refractivity contribution < 1.29 is 4.79 Å². The van der Waals surface area contributed by atoms with Gasteiger partial charge in [0, 0.05) is 27.6 Å². The van der Waals surface area contributed by atoms with Gasteiger partial charge in [-0.2, -0.15) is 0 Å². The van der Waals surface area contributed by atoms with Crippen LogP contribution >= 0.6 is 22.9 Å². The fraction of sp³-hybridized carbons (Fsp3) is 0.364. The van der Waals surface area contributed by atoms with E-state index in [1.807, 2.05) is 45.0 Å². The van der Waals surface area contributed by atoms with Gasteiger partial charge in [0.2, 0.25) is 5.91 Å². The van der Waals surface area contributed by atoms with Crippen LogP contribution in [0.2, 0.25) is 5.02 Å². The second-order valence-electron chi connectivity index (χ2n) is 7.74. The number of hydrogen-bond acceptors (Lipinski definition) is 5. The molecule has 0 saturated heterocycles. The second-order valence-corrected chi connectivity index (χ2v) is 9.38. The fourth-order valence-electron chi connectivity index (χ4n) is 3.86. The molecule has 2 aromatic heterocycles. The molecule has 1 unspecified atom stereocenters. The molecule has 8 heteroatoms. The normalized spacial score (nSPS) is 17.7. The van der Waals surface area contributed by atoms with Gasteiger partial charge in [0.25, 0.3) is 0 Å². The largest absolute Gasteiger partial charge is 0.356 e. The molecular formula is C22H24ClN5OS. The van der Waals surface area contributed by atoms with Crippen LogP contribution in [-0.4, -0.2) is 32.9 Å². The highest BCUT2D eigenvalue weighted by Gasteiger charge is 2.40. The molecule has 1 N–H and O–H groups in total. The molecule has 1 aromatic carbocycles. The number of thiophene rings is 1. The summed E-state index contributed by atoms with van der Waals surface area (Å²) in [5.74, 6) is 1.39. The second kappa shape index (κ2) is 7.63. The van der Waals surface area contributed by atoms with Crippen molar-refractivity contribution in [2.75, 3.05) is 6.54 Å². The number of aryl methyl sites for hydroxylation is 2. The van der Waals surface area contributed by atoms with Gasteiger partial charge in [0.15, 0.2) is 5.82 Å². The molecule has 1 aliphatic heterocycles. The summed E-state index contributed by atoms with van der Waals surface area (Å²) in [6.07, 6.45) is 0.184. The first-order valence-corrected chi connectivity index (χ1v) is 11.1. The van der Waals surface area contributed by atoms with Crippen LogP contribution in [0.1, 0.15) is 53.5 Å². The van der Waals surface area contributed by atoms with Crippen LogP contribution in [0.25, 0.3) is 5.00 Å². The Balaban J connectivity index is 2.03. The number of hydrogen-bond donors (Lipinski definition) is 1. The van der Waals surface area contributed by atoms with Crippen LogP contribution in [0.15, 0.2) is 29.3 Å². The lowest BCUT2D eigenvalue weighted by Crippen LogP contribution is -2.33. The molecule has 6 nitrogen and oxygen atoms in total. The summed E-state index contributed by atoms with van der Waals surface area (Å²) in [7, 11) is 0. The van der Waals surface area contributed by atoms with E-state index < -0.39 is 5.54 Å². The third kappa shape index (κ3) is 3.36. The Morgan fingerprint density at radius 2 is 1.90 bits per heavy atom. The van der Waals surface area contributed by atoms with Gasteiger partial charge >= 0.3 is 0 Å². The first-order valence-electron chi connectivity index (χ1n) is 9.91. The van der Waals surface area contributed by atoms with Crippen molar-refractivity contribution in [3.63, 3.8) is 0 Å². The Hall–Kier alpha value is -2.51. The van der Waals surface area contributed by atoms with Gasteiger partial charge in [-0.25, -0.2) is 0 Å². The summed E-state index contributed by atoms with van der Waals surface area (Å²) < 4.78 is 2.06. The molecule has 0 fully saturated rings. The molecule has 0 aliphatic carbocycles. The number of carbonyl (C=O) groups is 1. The van der Waals surface area contributed by atoms with Crippen LogP contribution in [0.4, 0.5) is 0 Å². The minimum absolute atomic E-state index is 0.0652. The van der Waals surface area contributed by atoms with Crippen molar-refractivity contribution in [3.05, 3.63) is 62.5 Å². The Labute approximate surface area is 185 Å². The minimum Gasteiger partial charge on any atom is -0.356 e. The van der Waals surface area contributed by atoms with Gasteiger partial charge < -0.3 is 5.32 Å². The third-order valence-electron chi connectivity index (χ3n) is 5.47. The standard InChI is InChI=1S/C22H24ClN5OS/c1-6-24-17(29)11-22(5)21-27-26-14(4)28(21)20-18(12(2)13(3)30-20)19(25-22)15-7-9-16(23)10-8-15/h7-10H,6,11H2,1-5H3,(H,24,29). The lowest BCUT2D eigenvalue weighted by molar-refractivity contribution is -0.122. The number of rotatable bonds is 4. The molecular weight excluding hydrogens is 418 g/mol. The van der Waals surface area contributed by atoms with E-state index in [1.54, 1.807) is 11.3 Å². The third-order valence-corrected chi connectivity index (χ3v) is 6.91. The van der Waals surface area contributed by atoms with Crippen molar-refractivity contribution in [2.45, 2.75) is 46.6 Å². The minimum atomic E-state index is -0.867. The topological polar surface area (TPSA) is 72.2 Å². The number of aliphatic imine (C=N–C) groups is 1. The number of halogens is 1. The van der Waals surface area contributed by atoms with Gasteiger partial charge in [-0.15, -0.1) is 21.5 Å². The van der Waals surface area contributed by atoms with E-state index in [2.05, 4.69) is 33.9 Å². The van der Waals surface area contributed by atoms with Crippen LogP contribution in [-0.2, 0) is 10.3 Å². The zero-order valence-corrected chi connectivity index (χ0v) is 19.3.